The van der Waals surface area contributed by atoms with E-state index in [9.17, 15) is 4.79 Å². The minimum Gasteiger partial charge on any atom is -0.487 e. The molecule has 0 spiro atoms. The molecule has 0 atom stereocenters. The summed E-state index contributed by atoms with van der Waals surface area (Å²) in [5, 5.41) is 5.02. The molecule has 0 aliphatic rings. The highest BCUT2D eigenvalue weighted by molar-refractivity contribution is 9.10. The maximum Gasteiger partial charge on any atom is 0.253 e. The van der Waals surface area contributed by atoms with Gasteiger partial charge in [0.05, 0.1) is 21.7 Å². The molecule has 0 fully saturated rings. The van der Waals surface area contributed by atoms with Crippen LogP contribution in [0.4, 0.5) is 0 Å². The zero-order valence-electron chi connectivity index (χ0n) is 16.0. The Morgan fingerprint density at radius 1 is 1.21 bits per heavy atom. The number of halogens is 3. The van der Waals surface area contributed by atoms with Crippen molar-refractivity contribution in [2.45, 2.75) is 26.6 Å². The highest BCUT2D eigenvalue weighted by Gasteiger charge is 2.15. The average molecular weight is 542 g/mol. The molecule has 0 unspecified atom stereocenters. The molecule has 3 aromatic rings. The fraction of sp³-hybridized carbons (Fsp3) is 0.238. The Labute approximate surface area is 191 Å². The van der Waals surface area contributed by atoms with Crippen LogP contribution in [0.3, 0.4) is 0 Å². The van der Waals surface area contributed by atoms with Crippen molar-refractivity contribution in [1.29, 1.82) is 0 Å². The summed E-state index contributed by atoms with van der Waals surface area (Å²) in [4.78, 5) is 14.4. The lowest BCUT2D eigenvalue weighted by atomic mass is 10.1. The van der Waals surface area contributed by atoms with E-state index in [4.69, 9.17) is 16.3 Å². The van der Waals surface area contributed by atoms with Crippen molar-refractivity contribution >= 4 is 49.4 Å². The number of hydrogen-bond acceptors (Lipinski definition) is 3. The van der Waals surface area contributed by atoms with Crippen molar-refractivity contribution in [2.24, 2.45) is 0 Å². The standard InChI is InChI=1S/C21H20Br2ClN3O2/c1-3-27-11-17(23)19(25-27)12-26(2)21(28)15-6-4-14(5-7-15)13-29-20-9-8-16(22)10-18(20)24/h4-11H,3,12-13H2,1-2H3. The lowest BCUT2D eigenvalue weighted by molar-refractivity contribution is 0.0783. The first-order valence-electron chi connectivity index (χ1n) is 9.01. The van der Waals surface area contributed by atoms with Gasteiger partial charge in [0.15, 0.2) is 0 Å². The van der Waals surface area contributed by atoms with Crippen LogP contribution in [-0.4, -0.2) is 27.6 Å². The smallest absolute Gasteiger partial charge is 0.253 e. The van der Waals surface area contributed by atoms with Crippen LogP contribution in [0.1, 0.15) is 28.5 Å². The number of nitrogens with zero attached hydrogens (tertiary/aromatic N) is 3. The minimum atomic E-state index is -0.0635. The fourth-order valence-electron chi connectivity index (χ4n) is 2.72. The van der Waals surface area contributed by atoms with Crippen molar-refractivity contribution in [1.82, 2.24) is 14.7 Å². The lowest BCUT2D eigenvalue weighted by Crippen LogP contribution is -2.26. The maximum atomic E-state index is 12.7. The molecule has 2 aromatic carbocycles. The van der Waals surface area contributed by atoms with E-state index in [0.29, 0.717) is 29.5 Å². The number of aromatic nitrogens is 2. The largest absolute Gasteiger partial charge is 0.487 e. The van der Waals surface area contributed by atoms with Crippen LogP contribution in [0.5, 0.6) is 5.75 Å². The molecule has 5 nitrogen and oxygen atoms in total. The van der Waals surface area contributed by atoms with Crippen molar-refractivity contribution in [3.8, 4) is 5.75 Å². The predicted molar refractivity (Wildman–Crippen MR) is 121 cm³/mol. The summed E-state index contributed by atoms with van der Waals surface area (Å²) in [6, 6.07) is 12.9. The summed E-state index contributed by atoms with van der Waals surface area (Å²) in [6.07, 6.45) is 1.92. The van der Waals surface area contributed by atoms with E-state index in [1.54, 1.807) is 30.1 Å². The van der Waals surface area contributed by atoms with E-state index in [2.05, 4.69) is 37.0 Å². The van der Waals surface area contributed by atoms with Crippen LogP contribution in [-0.2, 0) is 19.7 Å². The van der Waals surface area contributed by atoms with Gasteiger partial charge >= 0.3 is 0 Å². The molecule has 0 N–H and O–H groups in total. The molecule has 0 aliphatic carbocycles. The van der Waals surface area contributed by atoms with Gasteiger partial charge in [-0.2, -0.15) is 5.10 Å². The van der Waals surface area contributed by atoms with Crippen molar-refractivity contribution in [3.63, 3.8) is 0 Å². The van der Waals surface area contributed by atoms with Gasteiger partial charge in [0.2, 0.25) is 0 Å². The summed E-state index contributed by atoms with van der Waals surface area (Å²) < 4.78 is 9.40. The van der Waals surface area contributed by atoms with E-state index in [-0.39, 0.29) is 5.91 Å². The Bertz CT molecular complexity index is 1010. The Balaban J connectivity index is 1.61. The molecular weight excluding hydrogens is 522 g/mol. The van der Waals surface area contributed by atoms with Crippen LogP contribution >= 0.6 is 43.5 Å². The Morgan fingerprint density at radius 2 is 1.93 bits per heavy atom. The van der Waals surface area contributed by atoms with Gasteiger partial charge in [-0.05, 0) is 58.7 Å². The van der Waals surface area contributed by atoms with E-state index >= 15 is 0 Å². The number of rotatable bonds is 7. The summed E-state index contributed by atoms with van der Waals surface area (Å²) in [5.41, 5.74) is 2.40. The fourth-order valence-corrected chi connectivity index (χ4v) is 3.89. The summed E-state index contributed by atoms with van der Waals surface area (Å²) >= 11 is 13.0. The molecule has 0 saturated heterocycles. The zero-order chi connectivity index (χ0) is 21.0. The topological polar surface area (TPSA) is 47.4 Å². The van der Waals surface area contributed by atoms with Gasteiger partial charge in [-0.1, -0.05) is 39.7 Å². The van der Waals surface area contributed by atoms with E-state index < -0.39 is 0 Å². The van der Waals surface area contributed by atoms with Crippen LogP contribution in [0.15, 0.2) is 57.6 Å². The number of carbonyl (C=O) groups excluding carboxylic acids is 1. The summed E-state index contributed by atoms with van der Waals surface area (Å²) in [5.74, 6) is 0.554. The number of amides is 1. The number of ether oxygens (including phenoxy) is 1. The number of hydrogen-bond donors (Lipinski definition) is 0. The van der Waals surface area contributed by atoms with Gasteiger partial charge in [-0.3, -0.25) is 9.48 Å². The monoisotopic (exact) mass is 539 g/mol. The van der Waals surface area contributed by atoms with Gasteiger partial charge in [0.1, 0.15) is 12.4 Å². The van der Waals surface area contributed by atoms with E-state index in [1.807, 2.05) is 42.1 Å². The van der Waals surface area contributed by atoms with Crippen LogP contribution in [0, 0.1) is 0 Å². The zero-order valence-corrected chi connectivity index (χ0v) is 20.0. The Kier molecular flexibility index (Phi) is 7.38. The molecular formula is C21H20Br2ClN3O2. The van der Waals surface area contributed by atoms with Crippen molar-refractivity contribution in [2.75, 3.05) is 7.05 Å². The average Bonchev–Trinajstić information content (AvgIpc) is 3.06. The van der Waals surface area contributed by atoms with Crippen molar-refractivity contribution < 1.29 is 9.53 Å². The third kappa shape index (κ3) is 5.62. The molecule has 0 aliphatic heterocycles. The SMILES string of the molecule is CCn1cc(Br)c(CN(C)C(=O)c2ccc(COc3ccc(Br)cc3Cl)cc2)n1. The summed E-state index contributed by atoms with van der Waals surface area (Å²) in [7, 11) is 1.77. The molecule has 1 amide bonds. The van der Waals surface area contributed by atoms with Gasteiger partial charge in [-0.25, -0.2) is 0 Å². The third-order valence-corrected chi connectivity index (χ3v) is 5.79. The summed E-state index contributed by atoms with van der Waals surface area (Å²) in [6.45, 7) is 3.60. The van der Waals surface area contributed by atoms with Gasteiger partial charge in [0, 0.05) is 29.8 Å². The number of aryl methyl sites for hydroxylation is 1. The highest BCUT2D eigenvalue weighted by atomic mass is 79.9. The van der Waals surface area contributed by atoms with E-state index in [0.717, 1.165) is 26.7 Å². The highest BCUT2D eigenvalue weighted by Crippen LogP contribution is 2.28. The van der Waals surface area contributed by atoms with Crippen molar-refractivity contribution in [3.05, 3.63) is 79.5 Å². The lowest BCUT2D eigenvalue weighted by Gasteiger charge is -2.16. The molecule has 1 aromatic heterocycles. The minimum absolute atomic E-state index is 0.0635. The first-order valence-corrected chi connectivity index (χ1v) is 11.0. The van der Waals surface area contributed by atoms with Gasteiger partial charge in [0.25, 0.3) is 5.91 Å². The predicted octanol–water partition coefficient (Wildman–Crippen LogP) is 5.93. The van der Waals surface area contributed by atoms with Crippen LogP contribution < -0.4 is 4.74 Å². The molecule has 3 rings (SSSR count). The Hall–Kier alpha value is -1.83. The molecule has 1 heterocycles. The molecule has 0 radical (unpaired) electrons. The van der Waals surface area contributed by atoms with Crippen LogP contribution in [0.25, 0.3) is 0 Å². The second kappa shape index (κ2) is 9.78. The van der Waals surface area contributed by atoms with E-state index in [1.165, 1.54) is 0 Å². The van der Waals surface area contributed by atoms with Crippen LogP contribution in [0.2, 0.25) is 5.02 Å². The Morgan fingerprint density at radius 3 is 2.55 bits per heavy atom. The molecule has 29 heavy (non-hydrogen) atoms. The normalized spacial score (nSPS) is 10.8. The second-order valence-corrected chi connectivity index (χ2v) is 8.68. The van der Waals surface area contributed by atoms with Gasteiger partial charge in [-0.15, -0.1) is 0 Å². The number of carbonyl (C=O) groups is 1. The third-order valence-electron chi connectivity index (χ3n) is 4.33. The second-order valence-electron chi connectivity index (χ2n) is 6.50. The quantitative estimate of drug-likeness (QED) is 0.372. The van der Waals surface area contributed by atoms with Gasteiger partial charge < -0.3 is 9.64 Å². The molecule has 152 valence electrons. The first kappa shape index (κ1) is 21.9. The maximum absolute atomic E-state index is 12.7. The molecule has 8 heteroatoms. The molecule has 0 saturated carbocycles. The number of benzene rings is 2. The molecule has 0 bridgehead atoms. The first-order chi connectivity index (χ1) is 13.9.